The van der Waals surface area contributed by atoms with Gasteiger partial charge in [-0.2, -0.15) is 5.10 Å². The van der Waals surface area contributed by atoms with Crippen molar-refractivity contribution in [3.05, 3.63) is 59.4 Å². The molecule has 2 aliphatic rings. The van der Waals surface area contributed by atoms with Gasteiger partial charge in [-0.25, -0.2) is 9.97 Å². The third kappa shape index (κ3) is 4.04. The Labute approximate surface area is 192 Å². The number of likely N-dealkylation sites (tertiary alicyclic amines) is 1. The molecule has 3 heterocycles. The Kier molecular flexibility index (Phi) is 5.50. The van der Waals surface area contributed by atoms with E-state index in [1.165, 1.54) is 6.21 Å². The number of nitrogens with one attached hydrogen (secondary N) is 2. The van der Waals surface area contributed by atoms with Crippen molar-refractivity contribution in [2.45, 2.75) is 13.8 Å². The predicted octanol–water partition coefficient (Wildman–Crippen LogP) is 3.50. The van der Waals surface area contributed by atoms with Crippen LogP contribution < -0.4 is 10.3 Å². The monoisotopic (exact) mass is 441 g/mol. The molecule has 8 heteroatoms. The van der Waals surface area contributed by atoms with Crippen molar-refractivity contribution in [2.75, 3.05) is 36.5 Å². The van der Waals surface area contributed by atoms with Crippen molar-refractivity contribution >= 4 is 40.7 Å². The zero-order chi connectivity index (χ0) is 22.9. The van der Waals surface area contributed by atoms with Gasteiger partial charge in [-0.3, -0.25) is 10.2 Å². The molecule has 2 saturated heterocycles. The summed E-state index contributed by atoms with van der Waals surface area (Å²) in [4.78, 5) is 27.0. The minimum absolute atomic E-state index is 0.0110. The zero-order valence-corrected chi connectivity index (χ0v) is 18.8. The Morgan fingerprint density at radius 3 is 2.45 bits per heavy atom. The molecule has 33 heavy (non-hydrogen) atoms. The van der Waals surface area contributed by atoms with Crippen LogP contribution in [0.4, 0.5) is 11.6 Å². The van der Waals surface area contributed by atoms with Crippen molar-refractivity contribution in [2.24, 2.45) is 16.9 Å². The maximum atomic E-state index is 13.6. The lowest BCUT2D eigenvalue weighted by molar-refractivity contribution is 0.0783. The van der Waals surface area contributed by atoms with E-state index in [0.29, 0.717) is 23.1 Å². The molecule has 168 valence electrons. The minimum atomic E-state index is 0.0110. The number of fused-ring (bicyclic) bond motifs is 2. The third-order valence-electron chi connectivity index (χ3n) is 6.51. The number of aryl methyl sites for hydroxylation is 2. The molecule has 5 rings (SSSR count). The summed E-state index contributed by atoms with van der Waals surface area (Å²) in [6, 6.07) is 13.8. The summed E-state index contributed by atoms with van der Waals surface area (Å²) in [5.41, 5.74) is 6.24. The van der Waals surface area contributed by atoms with E-state index in [4.69, 9.17) is 5.41 Å². The molecular formula is C25H27N7O. The number of hydrazone groups is 1. The summed E-state index contributed by atoms with van der Waals surface area (Å²) in [6.07, 6.45) is 2.46. The number of hydrogen-bond donors (Lipinski definition) is 2. The zero-order valence-electron chi connectivity index (χ0n) is 18.8. The molecule has 1 amide bonds. The fourth-order valence-corrected chi connectivity index (χ4v) is 5.05. The number of carbonyl (C=O) groups is 1. The Hall–Kier alpha value is -3.81. The summed E-state index contributed by atoms with van der Waals surface area (Å²) in [5, 5.41) is 13.2. The number of anilines is 2. The molecule has 0 aliphatic carbocycles. The molecule has 8 nitrogen and oxygen atoms in total. The number of amides is 1. The van der Waals surface area contributed by atoms with Crippen molar-refractivity contribution < 1.29 is 4.79 Å². The Balaban J connectivity index is 1.36. The average molecular weight is 442 g/mol. The van der Waals surface area contributed by atoms with Gasteiger partial charge in [0.05, 0.1) is 17.5 Å². The second kappa shape index (κ2) is 8.61. The first-order valence-electron chi connectivity index (χ1n) is 11.2. The fraction of sp³-hybridized carbons (Fsp3) is 0.320. The number of hydrogen-bond acceptors (Lipinski definition) is 7. The number of benzene rings is 2. The smallest absolute Gasteiger partial charge is 0.256 e. The molecule has 2 aromatic carbocycles. The van der Waals surface area contributed by atoms with Crippen molar-refractivity contribution in [3.63, 3.8) is 0 Å². The molecular weight excluding hydrogens is 414 g/mol. The highest BCUT2D eigenvalue weighted by atomic mass is 16.2. The van der Waals surface area contributed by atoms with Gasteiger partial charge in [0.15, 0.2) is 0 Å². The van der Waals surface area contributed by atoms with Gasteiger partial charge in [0.25, 0.3) is 5.91 Å². The van der Waals surface area contributed by atoms with Gasteiger partial charge in [-0.1, -0.05) is 30.3 Å². The maximum absolute atomic E-state index is 13.6. The van der Waals surface area contributed by atoms with Crippen LogP contribution in [0.2, 0.25) is 0 Å². The van der Waals surface area contributed by atoms with Crippen LogP contribution in [0.3, 0.4) is 0 Å². The Morgan fingerprint density at radius 1 is 1.06 bits per heavy atom. The first-order valence-corrected chi connectivity index (χ1v) is 11.2. The predicted molar refractivity (Wildman–Crippen MR) is 131 cm³/mol. The minimum Gasteiger partial charge on any atom is -0.340 e. The molecule has 2 aliphatic heterocycles. The molecule has 2 unspecified atom stereocenters. The molecule has 0 spiro atoms. The van der Waals surface area contributed by atoms with Crippen LogP contribution >= 0.6 is 0 Å². The summed E-state index contributed by atoms with van der Waals surface area (Å²) < 4.78 is 0. The van der Waals surface area contributed by atoms with Gasteiger partial charge in [-0.15, -0.1) is 0 Å². The highest BCUT2D eigenvalue weighted by Crippen LogP contribution is 2.35. The van der Waals surface area contributed by atoms with Crippen LogP contribution in [-0.4, -0.2) is 59.4 Å². The van der Waals surface area contributed by atoms with Crippen LogP contribution in [0.1, 0.15) is 21.7 Å². The van der Waals surface area contributed by atoms with Crippen LogP contribution in [-0.2, 0) is 0 Å². The highest BCUT2D eigenvalue weighted by Gasteiger charge is 2.42. The molecule has 0 saturated carbocycles. The van der Waals surface area contributed by atoms with Crippen LogP contribution in [0.15, 0.2) is 47.6 Å². The molecule has 2 N–H and O–H groups in total. The molecule has 1 aromatic heterocycles. The van der Waals surface area contributed by atoms with Gasteiger partial charge >= 0.3 is 0 Å². The second-order valence-corrected chi connectivity index (χ2v) is 8.85. The first-order chi connectivity index (χ1) is 16.0. The Bertz CT molecular complexity index is 1220. The molecule has 0 radical (unpaired) electrons. The van der Waals surface area contributed by atoms with Crippen molar-refractivity contribution in [3.8, 4) is 0 Å². The highest BCUT2D eigenvalue weighted by molar-refractivity contribution is 6.15. The number of nitrogens with zero attached hydrogens (tertiary/aromatic N) is 5. The standard InChI is InChI=1S/C25H27N7O/c1-16-11-17(2)29-25(28-16)32-14-19-12-31(13-20(19)15-32)24(33)22-8-7-18-5-3-4-6-21(18)23(22)30-27-10-9-26/h3-11,19-20,26,30H,12-15H2,1-2H3/b26-9?,27-10-. The maximum Gasteiger partial charge on any atom is 0.256 e. The lowest BCUT2D eigenvalue weighted by Crippen LogP contribution is -2.34. The van der Waals surface area contributed by atoms with E-state index in [0.717, 1.165) is 60.5 Å². The number of aromatic nitrogens is 2. The number of rotatable bonds is 5. The molecule has 2 atom stereocenters. The van der Waals surface area contributed by atoms with Gasteiger partial charge in [-0.05, 0) is 31.4 Å². The van der Waals surface area contributed by atoms with Gasteiger partial charge < -0.3 is 15.2 Å². The molecule has 0 bridgehead atoms. The van der Waals surface area contributed by atoms with Crippen molar-refractivity contribution in [1.29, 1.82) is 5.41 Å². The van der Waals surface area contributed by atoms with E-state index in [2.05, 4.69) is 25.4 Å². The lowest BCUT2D eigenvalue weighted by atomic mass is 10.0. The van der Waals surface area contributed by atoms with E-state index in [9.17, 15) is 4.79 Å². The van der Waals surface area contributed by atoms with E-state index >= 15 is 0 Å². The largest absolute Gasteiger partial charge is 0.340 e. The summed E-state index contributed by atoms with van der Waals surface area (Å²) in [5.74, 6) is 1.62. The topological polar surface area (TPSA) is 97.6 Å². The van der Waals surface area contributed by atoms with Gasteiger partial charge in [0, 0.05) is 61.0 Å². The lowest BCUT2D eigenvalue weighted by Gasteiger charge is -2.23. The first kappa shape index (κ1) is 21.1. The SMILES string of the molecule is Cc1cc(C)nc(N2CC3CN(C(=O)c4ccc5ccccc5c4N/N=C\C=N)CC3C2)n1. The van der Waals surface area contributed by atoms with Gasteiger partial charge in [0.1, 0.15) is 0 Å². The van der Waals surface area contributed by atoms with Crippen LogP contribution in [0, 0.1) is 31.1 Å². The van der Waals surface area contributed by atoms with E-state index in [-0.39, 0.29) is 5.91 Å². The second-order valence-electron chi connectivity index (χ2n) is 8.85. The average Bonchev–Trinajstić information content (AvgIpc) is 3.38. The van der Waals surface area contributed by atoms with E-state index < -0.39 is 0 Å². The fourth-order valence-electron chi connectivity index (χ4n) is 5.05. The normalized spacial score (nSPS) is 19.9. The van der Waals surface area contributed by atoms with Crippen molar-refractivity contribution in [1.82, 2.24) is 14.9 Å². The molecule has 2 fully saturated rings. The summed E-state index contributed by atoms with van der Waals surface area (Å²) in [6.45, 7) is 7.17. The van der Waals surface area contributed by atoms with Gasteiger partial charge in [0.2, 0.25) is 5.95 Å². The Morgan fingerprint density at radius 2 is 1.76 bits per heavy atom. The van der Waals surface area contributed by atoms with Crippen LogP contribution in [0.5, 0.6) is 0 Å². The number of carbonyl (C=O) groups excluding carboxylic acids is 1. The summed E-state index contributed by atoms with van der Waals surface area (Å²) in [7, 11) is 0. The summed E-state index contributed by atoms with van der Waals surface area (Å²) >= 11 is 0. The van der Waals surface area contributed by atoms with Crippen LogP contribution in [0.25, 0.3) is 10.8 Å². The quantitative estimate of drug-likeness (QED) is 0.467. The van der Waals surface area contributed by atoms with E-state index in [1.54, 1.807) is 0 Å². The third-order valence-corrected chi connectivity index (χ3v) is 6.51. The molecule has 3 aromatic rings. The van der Waals surface area contributed by atoms with E-state index in [1.807, 2.05) is 61.2 Å².